The normalized spacial score (nSPS) is 11.1. The van der Waals surface area contributed by atoms with Crippen LogP contribution in [-0.4, -0.2) is 29.1 Å². The van der Waals surface area contributed by atoms with Crippen LogP contribution in [0.3, 0.4) is 0 Å². The lowest BCUT2D eigenvalue weighted by atomic mass is 10.4. The molecule has 0 atom stereocenters. The van der Waals surface area contributed by atoms with Crippen LogP contribution in [0.4, 0.5) is 5.82 Å². The van der Waals surface area contributed by atoms with Gasteiger partial charge in [-0.3, -0.25) is 0 Å². The molecule has 0 bridgehead atoms. The quantitative estimate of drug-likeness (QED) is 0.632. The van der Waals surface area contributed by atoms with Crippen molar-refractivity contribution in [3.8, 4) is 0 Å². The third-order valence-corrected chi connectivity index (χ3v) is 2.60. The molecule has 1 N–H and O–H groups in total. The molecule has 0 saturated heterocycles. The van der Waals surface area contributed by atoms with E-state index < -0.39 is 0 Å². The lowest BCUT2D eigenvalue weighted by molar-refractivity contribution is 0.493. The van der Waals surface area contributed by atoms with Crippen LogP contribution in [-0.2, 0) is 0 Å². The molecule has 6 heteroatoms. The number of hydrogen-bond donors (Lipinski definition) is 1. The zero-order chi connectivity index (χ0) is 10.1. The molecule has 0 aliphatic carbocycles. The minimum atomic E-state index is 0.268. The molecule has 2 rings (SSSR count). The number of fused-ring (bicyclic) bond motifs is 1. The topological polar surface area (TPSA) is 41.0 Å². The lowest BCUT2D eigenvalue weighted by Crippen LogP contribution is -2.20. The summed E-state index contributed by atoms with van der Waals surface area (Å²) in [4.78, 5) is 9.14. The largest absolute Gasteiger partial charge is 0.303 e. The number of nitrogens with zero attached hydrogens (tertiary/aromatic N) is 3. The van der Waals surface area contributed by atoms with Crippen LogP contribution >= 0.6 is 22.9 Å². The van der Waals surface area contributed by atoms with E-state index in [0.717, 1.165) is 16.0 Å². The van der Waals surface area contributed by atoms with Crippen molar-refractivity contribution in [2.45, 2.75) is 0 Å². The van der Waals surface area contributed by atoms with Crippen LogP contribution in [0.5, 0.6) is 0 Å². The van der Waals surface area contributed by atoms with Crippen molar-refractivity contribution in [3.05, 3.63) is 16.7 Å². The Hall–Kier alpha value is -0.910. The molecule has 0 fully saturated rings. The number of hydrazine groups is 1. The van der Waals surface area contributed by atoms with E-state index in [1.165, 1.54) is 0 Å². The van der Waals surface area contributed by atoms with Gasteiger partial charge in [-0.15, -0.1) is 11.3 Å². The maximum absolute atomic E-state index is 5.79. The third-order valence-electron chi connectivity index (χ3n) is 1.63. The summed E-state index contributed by atoms with van der Waals surface area (Å²) < 4.78 is 0. The number of nitrogens with one attached hydrogen (secondary N) is 1. The molecule has 0 saturated carbocycles. The summed E-state index contributed by atoms with van der Waals surface area (Å²) in [5.74, 6) is 0.742. The molecular formula is C8H9ClN4S. The second-order valence-electron chi connectivity index (χ2n) is 2.99. The Kier molecular flexibility index (Phi) is 2.54. The van der Waals surface area contributed by atoms with Crippen molar-refractivity contribution >= 4 is 39.0 Å². The van der Waals surface area contributed by atoms with Gasteiger partial charge in [0.05, 0.1) is 5.39 Å². The van der Waals surface area contributed by atoms with Gasteiger partial charge >= 0.3 is 0 Å². The maximum atomic E-state index is 5.79. The van der Waals surface area contributed by atoms with Gasteiger partial charge < -0.3 is 5.43 Å². The Morgan fingerprint density at radius 1 is 1.43 bits per heavy atom. The molecule has 0 aromatic carbocycles. The van der Waals surface area contributed by atoms with Crippen LogP contribution < -0.4 is 5.43 Å². The average molecular weight is 229 g/mol. The molecule has 0 spiro atoms. The molecule has 0 aliphatic rings. The summed E-state index contributed by atoms with van der Waals surface area (Å²) in [6.45, 7) is 0. The van der Waals surface area contributed by atoms with Crippen molar-refractivity contribution < 1.29 is 0 Å². The van der Waals surface area contributed by atoms with Gasteiger partial charge in [0.25, 0.3) is 0 Å². The molecule has 4 nitrogen and oxygen atoms in total. The highest BCUT2D eigenvalue weighted by molar-refractivity contribution is 7.16. The second kappa shape index (κ2) is 3.68. The Balaban J connectivity index is 2.55. The van der Waals surface area contributed by atoms with Gasteiger partial charge in [-0.1, -0.05) is 0 Å². The molecule has 74 valence electrons. The first-order valence-electron chi connectivity index (χ1n) is 4.01. The Morgan fingerprint density at radius 2 is 2.21 bits per heavy atom. The number of thiophene rings is 1. The number of anilines is 1. The van der Waals surface area contributed by atoms with Crippen molar-refractivity contribution in [3.63, 3.8) is 0 Å². The van der Waals surface area contributed by atoms with Crippen LogP contribution in [0.1, 0.15) is 0 Å². The van der Waals surface area contributed by atoms with Crippen molar-refractivity contribution in [1.29, 1.82) is 0 Å². The van der Waals surface area contributed by atoms with E-state index in [-0.39, 0.29) is 5.28 Å². The molecule has 0 radical (unpaired) electrons. The molecular weight excluding hydrogens is 220 g/mol. The number of aromatic nitrogens is 2. The van der Waals surface area contributed by atoms with E-state index in [1.807, 2.05) is 30.6 Å². The van der Waals surface area contributed by atoms with Gasteiger partial charge in [0, 0.05) is 14.1 Å². The minimum absolute atomic E-state index is 0.268. The van der Waals surface area contributed by atoms with E-state index in [1.54, 1.807) is 11.3 Å². The van der Waals surface area contributed by atoms with Crippen LogP contribution in [0.25, 0.3) is 10.2 Å². The van der Waals surface area contributed by atoms with Gasteiger partial charge in [0.2, 0.25) is 5.28 Å². The molecule has 2 heterocycles. The molecule has 0 amide bonds. The maximum Gasteiger partial charge on any atom is 0.225 e. The van der Waals surface area contributed by atoms with E-state index in [2.05, 4.69) is 15.4 Å². The Bertz CT molecular complexity index is 454. The van der Waals surface area contributed by atoms with Gasteiger partial charge in [-0.2, -0.15) is 4.98 Å². The first-order chi connectivity index (χ1) is 6.66. The smallest absolute Gasteiger partial charge is 0.225 e. The Labute approximate surface area is 90.5 Å². The third kappa shape index (κ3) is 1.79. The SMILES string of the molecule is CN(C)Nc1nc(Cl)nc2sccc12. The highest BCUT2D eigenvalue weighted by Crippen LogP contribution is 2.26. The summed E-state index contributed by atoms with van der Waals surface area (Å²) in [5.41, 5.74) is 3.08. The van der Waals surface area contributed by atoms with E-state index in [9.17, 15) is 0 Å². The minimum Gasteiger partial charge on any atom is -0.303 e. The second-order valence-corrected chi connectivity index (χ2v) is 4.22. The standard InChI is InChI=1S/C8H9ClN4S/c1-13(2)12-6-5-3-4-14-7(5)11-8(9)10-6/h3-4H,1-2H3,(H,10,11,12). The van der Waals surface area contributed by atoms with Crippen LogP contribution in [0.2, 0.25) is 5.28 Å². The van der Waals surface area contributed by atoms with Crippen molar-refractivity contribution in [2.75, 3.05) is 19.5 Å². The van der Waals surface area contributed by atoms with E-state index in [0.29, 0.717) is 0 Å². The van der Waals surface area contributed by atoms with Crippen LogP contribution in [0, 0.1) is 0 Å². The summed E-state index contributed by atoms with van der Waals surface area (Å²) in [6, 6.07) is 1.97. The number of halogens is 1. The fraction of sp³-hybridized carbons (Fsp3) is 0.250. The van der Waals surface area contributed by atoms with Gasteiger partial charge in [0.15, 0.2) is 5.82 Å². The monoisotopic (exact) mass is 228 g/mol. The fourth-order valence-electron chi connectivity index (χ4n) is 1.13. The number of rotatable bonds is 2. The molecule has 2 aromatic rings. The van der Waals surface area contributed by atoms with Crippen molar-refractivity contribution in [1.82, 2.24) is 15.0 Å². The Morgan fingerprint density at radius 3 is 2.93 bits per heavy atom. The zero-order valence-electron chi connectivity index (χ0n) is 7.78. The van der Waals surface area contributed by atoms with Gasteiger partial charge in [-0.25, -0.2) is 9.99 Å². The summed E-state index contributed by atoms with van der Waals surface area (Å²) >= 11 is 7.34. The first-order valence-corrected chi connectivity index (χ1v) is 5.27. The molecule has 2 aromatic heterocycles. The van der Waals surface area contributed by atoms with Crippen molar-refractivity contribution in [2.24, 2.45) is 0 Å². The fourth-order valence-corrected chi connectivity index (χ4v) is 2.11. The van der Waals surface area contributed by atoms with Gasteiger partial charge in [-0.05, 0) is 23.0 Å². The summed E-state index contributed by atoms with van der Waals surface area (Å²) in [6.07, 6.45) is 0. The molecule has 0 unspecified atom stereocenters. The van der Waals surface area contributed by atoms with Gasteiger partial charge in [0.1, 0.15) is 4.83 Å². The zero-order valence-corrected chi connectivity index (χ0v) is 9.35. The molecule has 0 aliphatic heterocycles. The predicted octanol–water partition coefficient (Wildman–Crippen LogP) is 2.23. The first kappa shape index (κ1) is 9.64. The average Bonchev–Trinajstić information content (AvgIpc) is 2.50. The summed E-state index contributed by atoms with van der Waals surface area (Å²) in [7, 11) is 3.79. The highest BCUT2D eigenvalue weighted by Gasteiger charge is 2.07. The molecule has 14 heavy (non-hydrogen) atoms. The van der Waals surface area contributed by atoms with E-state index >= 15 is 0 Å². The predicted molar refractivity (Wildman–Crippen MR) is 59.7 cm³/mol. The number of hydrogen-bond acceptors (Lipinski definition) is 5. The van der Waals surface area contributed by atoms with Crippen LogP contribution in [0.15, 0.2) is 11.4 Å². The highest BCUT2D eigenvalue weighted by atomic mass is 35.5. The van der Waals surface area contributed by atoms with E-state index in [4.69, 9.17) is 11.6 Å². The summed E-state index contributed by atoms with van der Waals surface area (Å²) in [5, 5.41) is 5.05. The lowest BCUT2D eigenvalue weighted by Gasteiger charge is -2.12.